The summed E-state index contributed by atoms with van der Waals surface area (Å²) in [5, 5.41) is 13.2. The van der Waals surface area contributed by atoms with Crippen molar-refractivity contribution < 1.29 is 14.3 Å². The second-order valence-electron chi connectivity index (χ2n) is 9.85. The van der Waals surface area contributed by atoms with Gasteiger partial charge in [-0.25, -0.2) is 0 Å². The zero-order chi connectivity index (χ0) is 25.8. The van der Waals surface area contributed by atoms with E-state index in [0.717, 1.165) is 66.7 Å². The van der Waals surface area contributed by atoms with Crippen LogP contribution >= 0.6 is 0 Å². The molecule has 194 valence electrons. The third-order valence-electron chi connectivity index (χ3n) is 7.08. The highest BCUT2D eigenvalue weighted by molar-refractivity contribution is 6.09. The van der Waals surface area contributed by atoms with Gasteiger partial charge < -0.3 is 25.0 Å². The minimum Gasteiger partial charge on any atom is -0.496 e. The summed E-state index contributed by atoms with van der Waals surface area (Å²) in [5.41, 5.74) is 11.8. The predicted molar refractivity (Wildman–Crippen MR) is 141 cm³/mol. The molecule has 9 heteroatoms. The maximum atomic E-state index is 11.9. The van der Waals surface area contributed by atoms with Gasteiger partial charge >= 0.3 is 0 Å². The number of nitrogens with zero attached hydrogens (tertiary/aromatic N) is 4. The summed E-state index contributed by atoms with van der Waals surface area (Å²) in [4.78, 5) is 15.6. The average Bonchev–Trinajstić information content (AvgIpc) is 3.53. The summed E-state index contributed by atoms with van der Waals surface area (Å²) in [5.74, 6) is 1.95. The number of amides is 1. The van der Waals surface area contributed by atoms with Crippen molar-refractivity contribution in [1.29, 1.82) is 5.41 Å². The van der Waals surface area contributed by atoms with Crippen molar-refractivity contribution in [3.63, 3.8) is 0 Å². The average molecular weight is 495 g/mol. The molecular formula is C27H38N6O3. The number of benzene rings is 1. The van der Waals surface area contributed by atoms with Crippen molar-refractivity contribution in [2.24, 2.45) is 18.7 Å². The summed E-state index contributed by atoms with van der Waals surface area (Å²) in [6.45, 7) is 7.48. The first kappa shape index (κ1) is 25.8. The fourth-order valence-corrected chi connectivity index (χ4v) is 4.89. The number of fused-ring (bicyclic) bond motifs is 1. The third kappa shape index (κ3) is 5.56. The molecule has 3 aliphatic rings. The minimum atomic E-state index is 0.00891. The number of aryl methyl sites for hydroxylation is 2. The van der Waals surface area contributed by atoms with Gasteiger partial charge in [0.1, 0.15) is 11.6 Å². The number of hydrogen-bond acceptors (Lipinski definition) is 6. The summed E-state index contributed by atoms with van der Waals surface area (Å²) in [7, 11) is 3.55. The van der Waals surface area contributed by atoms with Crippen LogP contribution in [0.3, 0.4) is 0 Å². The number of ether oxygens (including phenoxy) is 2. The molecule has 3 N–H and O–H groups in total. The van der Waals surface area contributed by atoms with Crippen LogP contribution in [0.4, 0.5) is 5.69 Å². The molecule has 0 aliphatic carbocycles. The number of amidine groups is 1. The van der Waals surface area contributed by atoms with E-state index >= 15 is 0 Å². The molecule has 0 spiro atoms. The molecule has 1 saturated heterocycles. The molecule has 2 aromatic rings. The topological polar surface area (TPSA) is 110 Å². The molecule has 1 aromatic carbocycles. The van der Waals surface area contributed by atoms with Gasteiger partial charge in [0.15, 0.2) is 0 Å². The molecule has 1 atom stereocenters. The zero-order valence-electron chi connectivity index (χ0n) is 21.8. The van der Waals surface area contributed by atoms with E-state index in [1.807, 2.05) is 30.4 Å². The first-order chi connectivity index (χ1) is 17.3. The van der Waals surface area contributed by atoms with Crippen molar-refractivity contribution in [3.8, 4) is 16.9 Å². The summed E-state index contributed by atoms with van der Waals surface area (Å²) in [6.07, 6.45) is 7.54. The Kier molecular flexibility index (Phi) is 7.98. The van der Waals surface area contributed by atoms with Crippen LogP contribution < -0.4 is 15.4 Å². The van der Waals surface area contributed by atoms with E-state index < -0.39 is 0 Å². The molecule has 0 saturated carbocycles. The lowest BCUT2D eigenvalue weighted by Crippen LogP contribution is -2.44. The number of rotatable bonds is 3. The molecule has 1 fully saturated rings. The lowest BCUT2D eigenvalue weighted by Gasteiger charge is -2.36. The molecule has 36 heavy (non-hydrogen) atoms. The molecular weight excluding hydrogens is 456 g/mol. The Labute approximate surface area is 213 Å². The number of anilines is 1. The van der Waals surface area contributed by atoms with Gasteiger partial charge in [0.2, 0.25) is 5.91 Å². The quantitative estimate of drug-likeness (QED) is 0.500. The van der Waals surface area contributed by atoms with E-state index in [0.29, 0.717) is 31.0 Å². The van der Waals surface area contributed by atoms with Gasteiger partial charge in [-0.2, -0.15) is 5.10 Å². The van der Waals surface area contributed by atoms with Crippen LogP contribution in [0.5, 0.6) is 5.75 Å². The fraction of sp³-hybridized carbons (Fsp3) is 0.519. The highest BCUT2D eigenvalue weighted by atomic mass is 16.5. The van der Waals surface area contributed by atoms with Crippen LogP contribution in [-0.2, 0) is 23.0 Å². The monoisotopic (exact) mass is 494 g/mol. The van der Waals surface area contributed by atoms with Gasteiger partial charge in [0.25, 0.3) is 0 Å². The first-order valence-electron chi connectivity index (χ1n) is 12.7. The lowest BCUT2D eigenvalue weighted by molar-refractivity contribution is -0.128. The third-order valence-corrected chi connectivity index (χ3v) is 7.08. The number of carbonyl (C=O) groups excluding carboxylic acids is 1. The standard InChI is InChI=1S/C22H28N6O2.C5H10O/c1-14(29)27-8-6-19(23)18(13-27)22(24)28-7-4-5-15-9-17(16-11-25-26(2)12-16)21(30-3)10-20(15)28;1-5-2-3-6-4-5/h9-12,24H,4-8,13,23H2,1-3H3;5H,2-4H2,1H3/t;5-/m.0/s1. The second-order valence-corrected chi connectivity index (χ2v) is 9.85. The summed E-state index contributed by atoms with van der Waals surface area (Å²) >= 11 is 0. The van der Waals surface area contributed by atoms with E-state index in [2.05, 4.69) is 18.1 Å². The molecule has 3 aliphatic heterocycles. The van der Waals surface area contributed by atoms with Crippen molar-refractivity contribution in [2.45, 2.75) is 39.5 Å². The Bertz CT molecular complexity index is 1150. The van der Waals surface area contributed by atoms with Gasteiger partial charge in [-0.1, -0.05) is 6.92 Å². The molecule has 9 nitrogen and oxygen atoms in total. The number of aromatic nitrogens is 2. The number of carbonyl (C=O) groups is 1. The summed E-state index contributed by atoms with van der Waals surface area (Å²) in [6, 6.07) is 4.15. The van der Waals surface area contributed by atoms with Gasteiger partial charge in [0, 0.05) is 87.0 Å². The van der Waals surface area contributed by atoms with E-state index in [9.17, 15) is 4.79 Å². The Hall–Kier alpha value is -3.33. The number of nitrogens with one attached hydrogen (secondary N) is 1. The number of hydrogen-bond donors (Lipinski definition) is 2. The van der Waals surface area contributed by atoms with Gasteiger partial charge in [-0.3, -0.25) is 14.9 Å². The van der Waals surface area contributed by atoms with Crippen molar-refractivity contribution >= 4 is 17.4 Å². The van der Waals surface area contributed by atoms with E-state index in [1.54, 1.807) is 23.6 Å². The van der Waals surface area contributed by atoms with E-state index in [-0.39, 0.29) is 5.91 Å². The highest BCUT2D eigenvalue weighted by Crippen LogP contribution is 2.39. The van der Waals surface area contributed by atoms with Crippen LogP contribution in [0.2, 0.25) is 0 Å². The summed E-state index contributed by atoms with van der Waals surface area (Å²) < 4.78 is 12.5. The van der Waals surface area contributed by atoms with Crippen LogP contribution in [0.25, 0.3) is 11.1 Å². The smallest absolute Gasteiger partial charge is 0.219 e. The predicted octanol–water partition coefficient (Wildman–Crippen LogP) is 3.33. The lowest BCUT2D eigenvalue weighted by atomic mass is 9.95. The molecule has 1 amide bonds. The Morgan fingerprint density at radius 1 is 1.28 bits per heavy atom. The molecule has 1 aromatic heterocycles. The van der Waals surface area contributed by atoms with Gasteiger partial charge in [-0.05, 0) is 36.8 Å². The van der Waals surface area contributed by atoms with Gasteiger partial charge in [-0.15, -0.1) is 0 Å². The van der Waals surface area contributed by atoms with Crippen molar-refractivity contribution in [2.75, 3.05) is 44.9 Å². The number of nitrogens with two attached hydrogens (primary N) is 1. The second kappa shape index (κ2) is 11.2. The molecule has 5 rings (SSSR count). The van der Waals surface area contributed by atoms with Gasteiger partial charge in [0.05, 0.1) is 19.9 Å². The molecule has 0 unspecified atom stereocenters. The highest BCUT2D eigenvalue weighted by Gasteiger charge is 2.29. The molecule has 4 heterocycles. The Balaban J connectivity index is 0.000000445. The molecule has 0 bridgehead atoms. The molecule has 0 radical (unpaired) electrons. The van der Waals surface area contributed by atoms with Crippen LogP contribution in [0.1, 0.15) is 38.7 Å². The van der Waals surface area contributed by atoms with E-state index in [4.69, 9.17) is 20.6 Å². The van der Waals surface area contributed by atoms with Crippen LogP contribution in [-0.4, -0.2) is 66.4 Å². The van der Waals surface area contributed by atoms with Crippen molar-refractivity contribution in [1.82, 2.24) is 14.7 Å². The SMILES string of the molecule is COc1cc2c(cc1-c1cnn(C)c1)CCCN2C(=N)C1=C(N)CCN(C(C)=O)C1.C[C@H]1CCOC1. The van der Waals surface area contributed by atoms with Crippen LogP contribution in [0, 0.1) is 11.3 Å². The zero-order valence-corrected chi connectivity index (χ0v) is 21.8. The van der Waals surface area contributed by atoms with E-state index in [1.165, 1.54) is 12.0 Å². The first-order valence-corrected chi connectivity index (χ1v) is 12.7. The number of methoxy groups -OCH3 is 1. The minimum absolute atomic E-state index is 0.00891. The maximum absolute atomic E-state index is 11.9. The van der Waals surface area contributed by atoms with Crippen molar-refractivity contribution in [3.05, 3.63) is 41.4 Å². The largest absolute Gasteiger partial charge is 0.496 e. The Morgan fingerprint density at radius 2 is 2.08 bits per heavy atom. The maximum Gasteiger partial charge on any atom is 0.219 e. The Morgan fingerprint density at radius 3 is 2.67 bits per heavy atom. The normalized spacial score (nSPS) is 19.5. The van der Waals surface area contributed by atoms with Crippen LogP contribution in [0.15, 0.2) is 35.8 Å². The fourth-order valence-electron chi connectivity index (χ4n) is 4.89.